The highest BCUT2D eigenvalue weighted by Gasteiger charge is 2.24. The Morgan fingerprint density at radius 1 is 1.06 bits per heavy atom. The molecule has 3 aromatic carbocycles. The Balaban J connectivity index is 1.32. The van der Waals surface area contributed by atoms with E-state index in [0.717, 1.165) is 35.8 Å². The van der Waals surface area contributed by atoms with Crippen molar-refractivity contribution in [1.82, 2.24) is 10.2 Å². The molecule has 1 aliphatic rings. The number of amides is 2. The van der Waals surface area contributed by atoms with Gasteiger partial charge in [0.1, 0.15) is 24.0 Å². The molecule has 1 atom stereocenters. The minimum absolute atomic E-state index is 0.0417. The SMILES string of the molecule is O=C(Nc1cc(F)ccc1OCCO)N[C@@H]1CCN(Cc2ccc3cc(F)ccc3c2)C1. The first-order valence-corrected chi connectivity index (χ1v) is 10.5. The topological polar surface area (TPSA) is 73.8 Å². The van der Waals surface area contributed by atoms with Gasteiger partial charge >= 0.3 is 6.03 Å². The highest BCUT2D eigenvalue weighted by atomic mass is 19.1. The molecule has 1 heterocycles. The van der Waals surface area contributed by atoms with E-state index < -0.39 is 11.8 Å². The Labute approximate surface area is 184 Å². The number of nitrogens with zero attached hydrogens (tertiary/aromatic N) is 1. The molecule has 1 aliphatic heterocycles. The average Bonchev–Trinajstić information content (AvgIpc) is 3.19. The van der Waals surface area contributed by atoms with Gasteiger partial charge in [0.05, 0.1) is 12.3 Å². The van der Waals surface area contributed by atoms with Crippen molar-refractivity contribution in [2.75, 3.05) is 31.6 Å². The van der Waals surface area contributed by atoms with Gasteiger partial charge in [0.25, 0.3) is 0 Å². The number of fused-ring (bicyclic) bond motifs is 1. The first-order valence-electron chi connectivity index (χ1n) is 10.5. The van der Waals surface area contributed by atoms with Crippen LogP contribution in [0.5, 0.6) is 5.75 Å². The van der Waals surface area contributed by atoms with Crippen molar-refractivity contribution < 1.29 is 23.4 Å². The third-order valence-corrected chi connectivity index (χ3v) is 5.42. The van der Waals surface area contributed by atoms with Crippen molar-refractivity contribution in [3.63, 3.8) is 0 Å². The molecule has 6 nitrogen and oxygen atoms in total. The quantitative estimate of drug-likeness (QED) is 0.520. The first kappa shape index (κ1) is 22.0. The second-order valence-corrected chi connectivity index (χ2v) is 7.86. The number of benzene rings is 3. The van der Waals surface area contributed by atoms with E-state index in [1.807, 2.05) is 12.1 Å². The number of rotatable bonds is 7. The number of hydrogen-bond acceptors (Lipinski definition) is 4. The molecule has 2 amide bonds. The lowest BCUT2D eigenvalue weighted by Crippen LogP contribution is -2.39. The molecule has 0 saturated carbocycles. The molecule has 0 spiro atoms. The summed E-state index contributed by atoms with van der Waals surface area (Å²) in [4.78, 5) is 14.7. The maximum absolute atomic E-state index is 13.6. The number of hydrogen-bond donors (Lipinski definition) is 3. The van der Waals surface area contributed by atoms with Crippen LogP contribution < -0.4 is 15.4 Å². The molecular formula is C24H25F2N3O3. The zero-order valence-corrected chi connectivity index (χ0v) is 17.5. The molecule has 1 fully saturated rings. The van der Waals surface area contributed by atoms with Crippen LogP contribution in [0.2, 0.25) is 0 Å². The van der Waals surface area contributed by atoms with Crippen LogP contribution in [-0.2, 0) is 6.54 Å². The second-order valence-electron chi connectivity index (χ2n) is 7.86. The average molecular weight is 441 g/mol. The molecule has 168 valence electrons. The van der Waals surface area contributed by atoms with Crippen molar-refractivity contribution in [3.8, 4) is 5.75 Å². The number of halogens is 2. The Hall–Kier alpha value is -3.23. The summed E-state index contributed by atoms with van der Waals surface area (Å²) in [7, 11) is 0. The van der Waals surface area contributed by atoms with Crippen LogP contribution in [0.3, 0.4) is 0 Å². The summed E-state index contributed by atoms with van der Waals surface area (Å²) in [6.07, 6.45) is 0.795. The minimum atomic E-state index is -0.498. The van der Waals surface area contributed by atoms with Gasteiger partial charge in [-0.1, -0.05) is 18.2 Å². The van der Waals surface area contributed by atoms with Crippen molar-refractivity contribution in [2.24, 2.45) is 0 Å². The third-order valence-electron chi connectivity index (χ3n) is 5.42. The summed E-state index contributed by atoms with van der Waals surface area (Å²) in [6.45, 7) is 2.11. The van der Waals surface area contributed by atoms with E-state index in [0.29, 0.717) is 12.3 Å². The minimum Gasteiger partial charge on any atom is -0.489 e. The molecule has 0 aromatic heterocycles. The number of carbonyl (C=O) groups excluding carboxylic acids is 1. The van der Waals surface area contributed by atoms with E-state index >= 15 is 0 Å². The molecule has 0 unspecified atom stereocenters. The maximum atomic E-state index is 13.6. The van der Waals surface area contributed by atoms with Gasteiger partial charge in [0, 0.05) is 31.7 Å². The number of carbonyl (C=O) groups is 1. The van der Waals surface area contributed by atoms with E-state index in [-0.39, 0.29) is 30.8 Å². The van der Waals surface area contributed by atoms with Gasteiger partial charge in [-0.05, 0) is 53.1 Å². The molecule has 1 saturated heterocycles. The molecule has 3 aromatic rings. The summed E-state index contributed by atoms with van der Waals surface area (Å²) in [5, 5.41) is 16.3. The number of anilines is 1. The van der Waals surface area contributed by atoms with Crippen LogP contribution in [-0.4, -0.2) is 48.4 Å². The molecule has 3 N–H and O–H groups in total. The maximum Gasteiger partial charge on any atom is 0.319 e. The normalized spacial score (nSPS) is 16.3. The Morgan fingerprint density at radius 3 is 2.66 bits per heavy atom. The number of ether oxygens (including phenoxy) is 1. The summed E-state index contributed by atoms with van der Waals surface area (Å²) >= 11 is 0. The predicted octanol–water partition coefficient (Wildman–Crippen LogP) is 3.89. The predicted molar refractivity (Wildman–Crippen MR) is 119 cm³/mol. The van der Waals surface area contributed by atoms with Gasteiger partial charge < -0.3 is 20.5 Å². The van der Waals surface area contributed by atoms with Gasteiger partial charge in [0.15, 0.2) is 0 Å². The fraction of sp³-hybridized carbons (Fsp3) is 0.292. The van der Waals surface area contributed by atoms with Crippen LogP contribution in [0.15, 0.2) is 54.6 Å². The molecule has 8 heteroatoms. The smallest absolute Gasteiger partial charge is 0.319 e. The van der Waals surface area contributed by atoms with Gasteiger partial charge in [-0.3, -0.25) is 4.90 Å². The van der Waals surface area contributed by atoms with E-state index in [1.54, 1.807) is 6.07 Å². The fourth-order valence-electron chi connectivity index (χ4n) is 3.94. The largest absolute Gasteiger partial charge is 0.489 e. The van der Waals surface area contributed by atoms with Crippen molar-refractivity contribution in [1.29, 1.82) is 0 Å². The Kier molecular flexibility index (Phi) is 6.82. The first-order chi connectivity index (χ1) is 15.5. The summed E-state index contributed by atoms with van der Waals surface area (Å²) < 4.78 is 32.3. The van der Waals surface area contributed by atoms with Gasteiger partial charge in [-0.25, -0.2) is 13.6 Å². The van der Waals surface area contributed by atoms with Gasteiger partial charge in [0.2, 0.25) is 0 Å². The zero-order chi connectivity index (χ0) is 22.5. The number of nitrogens with one attached hydrogen (secondary N) is 2. The number of urea groups is 1. The highest BCUT2D eigenvalue weighted by Crippen LogP contribution is 2.25. The lowest BCUT2D eigenvalue weighted by atomic mass is 10.1. The summed E-state index contributed by atoms with van der Waals surface area (Å²) in [5.74, 6) is -0.455. The second kappa shape index (κ2) is 9.93. The molecular weight excluding hydrogens is 416 g/mol. The standard InChI is InChI=1S/C24H25F2N3O3/c25-19-4-3-17-11-16(1-2-18(17)12-19)14-29-8-7-21(15-29)27-24(31)28-22-13-20(26)5-6-23(22)32-10-9-30/h1-6,11-13,21,30H,7-10,14-15H2,(H2,27,28,31)/t21-/m1/s1. The van der Waals surface area contributed by atoms with Crippen LogP contribution in [0.4, 0.5) is 19.3 Å². The monoisotopic (exact) mass is 441 g/mol. The van der Waals surface area contributed by atoms with Gasteiger partial charge in [-0.15, -0.1) is 0 Å². The lowest BCUT2D eigenvalue weighted by molar-refractivity contribution is 0.202. The van der Waals surface area contributed by atoms with Crippen molar-refractivity contribution >= 4 is 22.5 Å². The van der Waals surface area contributed by atoms with E-state index in [4.69, 9.17) is 9.84 Å². The van der Waals surface area contributed by atoms with Crippen LogP contribution >= 0.6 is 0 Å². The van der Waals surface area contributed by atoms with Crippen molar-refractivity contribution in [3.05, 3.63) is 71.8 Å². The van der Waals surface area contributed by atoms with Crippen LogP contribution in [0.25, 0.3) is 10.8 Å². The van der Waals surface area contributed by atoms with Gasteiger partial charge in [-0.2, -0.15) is 0 Å². The number of aliphatic hydroxyl groups is 1. The molecule has 0 radical (unpaired) electrons. The lowest BCUT2D eigenvalue weighted by Gasteiger charge is -2.18. The Bertz CT molecular complexity index is 1110. The van der Waals surface area contributed by atoms with Crippen LogP contribution in [0.1, 0.15) is 12.0 Å². The molecule has 0 bridgehead atoms. The summed E-state index contributed by atoms with van der Waals surface area (Å²) in [5.41, 5.74) is 1.33. The Morgan fingerprint density at radius 2 is 1.81 bits per heavy atom. The summed E-state index contributed by atoms with van der Waals surface area (Å²) in [6, 6.07) is 14.1. The van der Waals surface area contributed by atoms with Crippen LogP contribution in [0, 0.1) is 11.6 Å². The van der Waals surface area contributed by atoms with E-state index in [1.165, 1.54) is 30.3 Å². The molecule has 4 rings (SSSR count). The fourth-order valence-corrected chi connectivity index (χ4v) is 3.94. The van der Waals surface area contributed by atoms with E-state index in [9.17, 15) is 13.6 Å². The third kappa shape index (κ3) is 5.52. The van der Waals surface area contributed by atoms with E-state index in [2.05, 4.69) is 21.6 Å². The molecule has 0 aliphatic carbocycles. The zero-order valence-electron chi connectivity index (χ0n) is 17.5. The number of likely N-dealkylation sites (tertiary alicyclic amines) is 1. The highest BCUT2D eigenvalue weighted by molar-refractivity contribution is 5.91. The number of aliphatic hydroxyl groups excluding tert-OH is 1. The molecule has 32 heavy (non-hydrogen) atoms. The van der Waals surface area contributed by atoms with Crippen molar-refractivity contribution in [2.45, 2.75) is 19.0 Å².